The van der Waals surface area contributed by atoms with Crippen LogP contribution in [0.15, 0.2) is 18.2 Å². The minimum absolute atomic E-state index is 0.141. The van der Waals surface area contributed by atoms with Gasteiger partial charge in [0.15, 0.2) is 0 Å². The number of hydrogen-bond acceptors (Lipinski definition) is 3. The molecule has 1 atom stereocenters. The maximum Gasteiger partial charge on any atom is 0.255 e. The molecule has 3 rings (SSSR count). The molecule has 1 aromatic rings. The molecule has 23 heavy (non-hydrogen) atoms. The Labute approximate surface area is 142 Å². The summed E-state index contributed by atoms with van der Waals surface area (Å²) >= 11 is 3.50. The molecule has 5 nitrogen and oxygen atoms in total. The third kappa shape index (κ3) is 2.51. The molecule has 0 spiro atoms. The summed E-state index contributed by atoms with van der Waals surface area (Å²) in [5.41, 5.74) is 1.46. The lowest BCUT2D eigenvalue weighted by molar-refractivity contribution is -0.135. The van der Waals surface area contributed by atoms with Crippen molar-refractivity contribution in [2.24, 2.45) is 0 Å². The van der Waals surface area contributed by atoms with Gasteiger partial charge in [0.25, 0.3) is 5.91 Å². The Morgan fingerprint density at radius 1 is 1.35 bits per heavy atom. The number of benzene rings is 1. The highest BCUT2D eigenvalue weighted by Gasteiger charge is 2.39. The van der Waals surface area contributed by atoms with Gasteiger partial charge in [-0.3, -0.25) is 24.6 Å². The van der Waals surface area contributed by atoms with Crippen LogP contribution in [0.25, 0.3) is 10.1 Å². The molecule has 0 radical (unpaired) electrons. The van der Waals surface area contributed by atoms with Crippen LogP contribution in [-0.4, -0.2) is 23.8 Å². The summed E-state index contributed by atoms with van der Waals surface area (Å²) in [7, 11) is 0. The highest BCUT2D eigenvalue weighted by atomic mass is 79.9. The fraction of sp³-hybridized carbons (Fsp3) is 0.353. The summed E-state index contributed by atoms with van der Waals surface area (Å²) in [6, 6.07) is 5.07. The van der Waals surface area contributed by atoms with Gasteiger partial charge < -0.3 is 0 Å². The van der Waals surface area contributed by atoms with Crippen molar-refractivity contribution in [1.29, 1.82) is 0 Å². The summed E-state index contributed by atoms with van der Waals surface area (Å²) in [6.07, 6.45) is 1.20. The first kappa shape index (κ1) is 15.9. The summed E-state index contributed by atoms with van der Waals surface area (Å²) in [5, 5.41) is 4.18. The van der Waals surface area contributed by atoms with Crippen molar-refractivity contribution >= 4 is 49.4 Å². The van der Waals surface area contributed by atoms with Crippen LogP contribution in [0.5, 0.6) is 0 Å². The molecule has 0 aromatic heterocycles. The van der Waals surface area contributed by atoms with Crippen LogP contribution in [0.1, 0.15) is 33.1 Å². The smallest absolute Gasteiger partial charge is 0.255 e. The standard InChI is InChI=1S/C17H17BrN2O3/c1-3-10-15-11(9(2)18)5-4-6-12(15)20(17(10)23)13-7-8-14(21)19-16(13)22/h4-6,13H,3,7-8H2,1-2H3,(H,19,21,22)/b11-9+. The van der Waals surface area contributed by atoms with Gasteiger partial charge in [-0.05, 0) is 35.5 Å². The molecule has 6 heteroatoms. The van der Waals surface area contributed by atoms with Crippen molar-refractivity contribution in [2.45, 2.75) is 39.2 Å². The van der Waals surface area contributed by atoms with Crippen LogP contribution in [0.4, 0.5) is 5.69 Å². The molecule has 1 saturated heterocycles. The molecule has 3 amide bonds. The van der Waals surface area contributed by atoms with E-state index >= 15 is 0 Å². The topological polar surface area (TPSA) is 66.5 Å². The highest BCUT2D eigenvalue weighted by Crippen LogP contribution is 2.26. The summed E-state index contributed by atoms with van der Waals surface area (Å²) in [5.74, 6) is -0.822. The number of rotatable bonds is 2. The van der Waals surface area contributed by atoms with Crippen LogP contribution in [0.2, 0.25) is 0 Å². The number of hydrogen-bond donors (Lipinski definition) is 1. The number of piperidine rings is 1. The Morgan fingerprint density at radius 3 is 2.70 bits per heavy atom. The minimum atomic E-state index is -0.631. The van der Waals surface area contributed by atoms with E-state index in [1.807, 2.05) is 32.0 Å². The van der Waals surface area contributed by atoms with Crippen LogP contribution in [0.3, 0.4) is 0 Å². The maximum atomic E-state index is 12.9. The lowest BCUT2D eigenvalue weighted by Gasteiger charge is -2.30. The number of amides is 3. The van der Waals surface area contributed by atoms with E-state index in [4.69, 9.17) is 0 Å². The molecule has 2 heterocycles. The van der Waals surface area contributed by atoms with Gasteiger partial charge in [0.1, 0.15) is 6.04 Å². The van der Waals surface area contributed by atoms with Gasteiger partial charge in [-0.2, -0.15) is 0 Å². The van der Waals surface area contributed by atoms with E-state index in [1.165, 1.54) is 0 Å². The van der Waals surface area contributed by atoms with Crippen molar-refractivity contribution in [3.8, 4) is 0 Å². The fourth-order valence-electron chi connectivity index (χ4n) is 3.27. The van der Waals surface area contributed by atoms with E-state index in [0.717, 1.165) is 20.6 Å². The summed E-state index contributed by atoms with van der Waals surface area (Å²) in [6.45, 7) is 3.87. The van der Waals surface area contributed by atoms with Crippen LogP contribution in [0, 0.1) is 0 Å². The van der Waals surface area contributed by atoms with Crippen LogP contribution >= 0.6 is 15.9 Å². The molecule has 0 bridgehead atoms. The van der Waals surface area contributed by atoms with E-state index < -0.39 is 11.9 Å². The molecule has 0 saturated carbocycles. The summed E-state index contributed by atoms with van der Waals surface area (Å²) in [4.78, 5) is 38.0. The lowest BCUT2D eigenvalue weighted by atomic mass is 10.0. The molecular formula is C17H17BrN2O3. The predicted molar refractivity (Wildman–Crippen MR) is 91.1 cm³/mol. The first-order valence-electron chi connectivity index (χ1n) is 7.61. The van der Waals surface area contributed by atoms with E-state index in [2.05, 4.69) is 21.2 Å². The molecule has 1 unspecified atom stereocenters. The van der Waals surface area contributed by atoms with Gasteiger partial charge in [0.2, 0.25) is 11.8 Å². The molecule has 2 aliphatic heterocycles. The number of nitrogens with one attached hydrogen (secondary N) is 1. The van der Waals surface area contributed by atoms with E-state index in [1.54, 1.807) is 4.90 Å². The van der Waals surface area contributed by atoms with E-state index in [9.17, 15) is 14.4 Å². The normalized spacial score (nSPS) is 22.2. The number of anilines is 1. The third-order valence-electron chi connectivity index (χ3n) is 4.33. The number of imide groups is 1. The molecule has 1 aromatic carbocycles. The molecule has 2 aliphatic rings. The monoisotopic (exact) mass is 376 g/mol. The minimum Gasteiger partial charge on any atom is -0.295 e. The zero-order chi connectivity index (χ0) is 16.7. The first-order chi connectivity index (χ1) is 11.0. The number of halogens is 1. The second-order valence-electron chi connectivity index (χ2n) is 5.71. The quantitative estimate of drug-likeness (QED) is 0.780. The fourth-order valence-corrected chi connectivity index (χ4v) is 3.60. The van der Waals surface area contributed by atoms with Gasteiger partial charge in [-0.15, -0.1) is 0 Å². The zero-order valence-electron chi connectivity index (χ0n) is 13.0. The van der Waals surface area contributed by atoms with Gasteiger partial charge in [0.05, 0.1) is 5.69 Å². The van der Waals surface area contributed by atoms with Crippen LogP contribution < -0.4 is 20.7 Å². The number of fused-ring (bicyclic) bond motifs is 1. The lowest BCUT2D eigenvalue weighted by Crippen LogP contribution is -2.54. The van der Waals surface area contributed by atoms with Crippen molar-refractivity contribution < 1.29 is 14.4 Å². The molecule has 120 valence electrons. The largest absolute Gasteiger partial charge is 0.295 e. The second kappa shape index (κ2) is 5.92. The molecule has 1 fully saturated rings. The van der Waals surface area contributed by atoms with Crippen molar-refractivity contribution in [3.63, 3.8) is 0 Å². The van der Waals surface area contributed by atoms with Gasteiger partial charge in [0, 0.05) is 17.2 Å². The Bertz CT molecular complexity index is 840. The van der Waals surface area contributed by atoms with Crippen molar-refractivity contribution in [2.75, 3.05) is 4.90 Å². The Balaban J connectivity index is 2.19. The molecule has 0 aliphatic carbocycles. The number of carbonyl (C=O) groups is 3. The zero-order valence-corrected chi connectivity index (χ0v) is 14.6. The average molecular weight is 377 g/mol. The van der Waals surface area contributed by atoms with Gasteiger partial charge >= 0.3 is 0 Å². The number of nitrogens with zero attached hydrogens (tertiary/aromatic N) is 1. The molecule has 1 N–H and O–H groups in total. The van der Waals surface area contributed by atoms with Crippen molar-refractivity contribution in [1.82, 2.24) is 5.32 Å². The first-order valence-corrected chi connectivity index (χ1v) is 8.40. The Hall–Kier alpha value is -1.95. The second-order valence-corrected chi connectivity index (χ2v) is 6.90. The average Bonchev–Trinajstić information content (AvgIpc) is 2.79. The van der Waals surface area contributed by atoms with Gasteiger partial charge in [-0.25, -0.2) is 0 Å². The number of carbonyl (C=O) groups excluding carboxylic acids is 3. The van der Waals surface area contributed by atoms with Crippen molar-refractivity contribution in [3.05, 3.63) is 28.6 Å². The van der Waals surface area contributed by atoms with E-state index in [0.29, 0.717) is 18.4 Å². The molecular weight excluding hydrogens is 360 g/mol. The highest BCUT2D eigenvalue weighted by molar-refractivity contribution is 9.14. The maximum absolute atomic E-state index is 12.9. The van der Waals surface area contributed by atoms with Gasteiger partial charge in [-0.1, -0.05) is 35.0 Å². The van der Waals surface area contributed by atoms with E-state index in [-0.39, 0.29) is 18.2 Å². The van der Waals surface area contributed by atoms with Crippen LogP contribution in [-0.2, 0) is 14.4 Å². The third-order valence-corrected chi connectivity index (χ3v) is 4.75. The summed E-state index contributed by atoms with van der Waals surface area (Å²) < 4.78 is 0.943. The Morgan fingerprint density at radius 2 is 2.09 bits per heavy atom. The predicted octanol–water partition coefficient (Wildman–Crippen LogP) is 0.922. The SMILES string of the molecule is CCC1=c2c(ccc/c2=C(/C)Br)N(C2CCC(=O)NC2=O)C1=O. The Kier molecular flexibility index (Phi) is 4.10.